The number of nitrogens with two attached hydrogens (primary N) is 1. The van der Waals surface area contributed by atoms with Crippen LogP contribution in [0.3, 0.4) is 0 Å². The number of fused-ring (bicyclic) bond motifs is 1. The number of carbonyl (C=O) groups excluding carboxylic acids is 2. The smallest absolute Gasteiger partial charge is 0.475 e. The predicted molar refractivity (Wildman–Crippen MR) is 120 cm³/mol. The summed E-state index contributed by atoms with van der Waals surface area (Å²) >= 11 is 0. The molecule has 3 aliphatic rings. The quantitative estimate of drug-likeness (QED) is 0.541. The van der Waals surface area contributed by atoms with E-state index in [0.29, 0.717) is 11.8 Å². The Labute approximate surface area is 196 Å². The second-order valence-electron chi connectivity index (χ2n) is 8.97. The van der Waals surface area contributed by atoms with E-state index in [-0.39, 0.29) is 17.9 Å². The topological polar surface area (TPSA) is 113 Å². The first kappa shape index (κ1) is 25.7. The van der Waals surface area contributed by atoms with Crippen LogP contribution in [0.25, 0.3) is 0 Å². The molecule has 2 amide bonds. The normalized spacial score (nSPS) is 19.8. The number of hydrogen-bond donors (Lipinski definition) is 3. The van der Waals surface area contributed by atoms with Crippen molar-refractivity contribution < 1.29 is 32.7 Å². The number of nitrogens with zero attached hydrogens (tertiary/aromatic N) is 1. The lowest BCUT2D eigenvalue weighted by Crippen LogP contribution is -2.48. The summed E-state index contributed by atoms with van der Waals surface area (Å²) in [4.78, 5) is 36.0. The molecule has 186 valence electrons. The predicted octanol–water partition coefficient (Wildman–Crippen LogP) is 3.18. The van der Waals surface area contributed by atoms with Crippen LogP contribution in [0.5, 0.6) is 0 Å². The summed E-state index contributed by atoms with van der Waals surface area (Å²) in [5.74, 6) is -2.11. The Hall–Kier alpha value is -2.88. The number of carboxylic acids is 1. The van der Waals surface area contributed by atoms with E-state index in [0.717, 1.165) is 44.3 Å². The highest BCUT2D eigenvalue weighted by atomic mass is 19.4. The van der Waals surface area contributed by atoms with Gasteiger partial charge in [0.05, 0.1) is 12.1 Å². The molecule has 0 aromatic heterocycles. The van der Waals surface area contributed by atoms with E-state index in [9.17, 15) is 22.8 Å². The number of anilines is 1. The monoisotopic (exact) mass is 481 g/mol. The zero-order valence-electron chi connectivity index (χ0n) is 18.8. The molecule has 2 atom stereocenters. The van der Waals surface area contributed by atoms with Gasteiger partial charge in [-0.05, 0) is 55.6 Å². The summed E-state index contributed by atoms with van der Waals surface area (Å²) in [6.45, 7) is 0.718. The van der Waals surface area contributed by atoms with Gasteiger partial charge in [-0.1, -0.05) is 37.1 Å². The highest BCUT2D eigenvalue weighted by molar-refractivity contribution is 6.03. The maximum atomic E-state index is 12.7. The Morgan fingerprint density at radius 1 is 1.09 bits per heavy atom. The number of halogens is 3. The van der Waals surface area contributed by atoms with Crippen LogP contribution in [0.2, 0.25) is 0 Å². The molecule has 0 radical (unpaired) electrons. The second-order valence-corrected chi connectivity index (χ2v) is 8.97. The number of rotatable bonds is 6. The van der Waals surface area contributed by atoms with E-state index in [1.54, 1.807) is 6.08 Å². The number of nitrogens with one attached hydrogen (secondary N) is 1. The van der Waals surface area contributed by atoms with E-state index in [2.05, 4.69) is 11.4 Å². The van der Waals surface area contributed by atoms with Gasteiger partial charge >= 0.3 is 12.1 Å². The zero-order chi connectivity index (χ0) is 24.9. The highest BCUT2D eigenvalue weighted by Gasteiger charge is 2.38. The van der Waals surface area contributed by atoms with Gasteiger partial charge < -0.3 is 21.1 Å². The Balaban J connectivity index is 0.000000406. The molecule has 4 N–H and O–H groups in total. The molecule has 10 heteroatoms. The Bertz CT molecular complexity index is 924. The van der Waals surface area contributed by atoms with E-state index in [1.807, 2.05) is 29.2 Å². The van der Waals surface area contributed by atoms with Crippen molar-refractivity contribution in [3.8, 4) is 0 Å². The van der Waals surface area contributed by atoms with E-state index in [4.69, 9.17) is 15.6 Å². The average Bonchev–Trinajstić information content (AvgIpc) is 3.32. The van der Waals surface area contributed by atoms with Gasteiger partial charge in [0.2, 0.25) is 5.91 Å². The summed E-state index contributed by atoms with van der Waals surface area (Å²) in [5, 5.41) is 10.2. The third kappa shape index (κ3) is 6.82. The molecule has 1 aromatic carbocycles. The van der Waals surface area contributed by atoms with E-state index in [1.165, 1.54) is 18.4 Å². The van der Waals surface area contributed by atoms with Crippen molar-refractivity contribution in [1.29, 1.82) is 0 Å². The van der Waals surface area contributed by atoms with Crippen LogP contribution in [0, 0.1) is 11.8 Å². The van der Waals surface area contributed by atoms with Gasteiger partial charge in [-0.3, -0.25) is 9.59 Å². The summed E-state index contributed by atoms with van der Waals surface area (Å²) in [6.07, 6.45) is 5.94. The minimum absolute atomic E-state index is 0.0139. The van der Waals surface area contributed by atoms with Gasteiger partial charge in [0.25, 0.3) is 5.91 Å². The summed E-state index contributed by atoms with van der Waals surface area (Å²) in [6, 6.07) is 7.52. The van der Waals surface area contributed by atoms with Crippen LogP contribution >= 0.6 is 0 Å². The van der Waals surface area contributed by atoms with Crippen LogP contribution in [0.15, 0.2) is 36.4 Å². The van der Waals surface area contributed by atoms with Crippen molar-refractivity contribution in [1.82, 2.24) is 5.32 Å². The van der Waals surface area contributed by atoms with Crippen LogP contribution < -0.4 is 16.0 Å². The molecule has 4 rings (SSSR count). The standard InChI is InChI=1S/C22H29N3O2.C2HF3O2/c23-21(17-6-1-2-7-17)22(27)24-18(15-9-10-15)11-12-20(26)25-14-13-16-5-3-4-8-19(16)25;3-2(4,5)1(6)7/h3-5,8,11-12,15,17-18,21H,1-2,6-7,9-10,13-14,23H2,(H,24,27);(H,6,7)/t18-,21+;/m1./s1. The minimum Gasteiger partial charge on any atom is -0.475 e. The number of carboxylic acid groups (broad SMARTS) is 1. The molecule has 2 aliphatic carbocycles. The van der Waals surface area contributed by atoms with Crippen molar-refractivity contribution in [3.05, 3.63) is 42.0 Å². The number of hydrogen-bond acceptors (Lipinski definition) is 4. The molecule has 1 aliphatic heterocycles. The molecule has 0 saturated heterocycles. The fourth-order valence-corrected chi connectivity index (χ4v) is 4.41. The van der Waals surface area contributed by atoms with E-state index < -0.39 is 18.2 Å². The van der Waals surface area contributed by atoms with Gasteiger partial charge in [-0.25, -0.2) is 4.79 Å². The molecule has 0 bridgehead atoms. The third-order valence-corrected chi connectivity index (χ3v) is 6.49. The number of amides is 2. The second kappa shape index (κ2) is 11.0. The third-order valence-electron chi connectivity index (χ3n) is 6.49. The first-order valence-corrected chi connectivity index (χ1v) is 11.5. The number of carbonyl (C=O) groups is 3. The molecular weight excluding hydrogens is 451 g/mol. The van der Waals surface area contributed by atoms with Crippen LogP contribution in [-0.2, 0) is 20.8 Å². The van der Waals surface area contributed by atoms with Gasteiger partial charge in [0.1, 0.15) is 0 Å². The van der Waals surface area contributed by atoms with Crippen molar-refractivity contribution in [2.45, 2.75) is 63.2 Å². The maximum Gasteiger partial charge on any atom is 0.490 e. The zero-order valence-corrected chi connectivity index (χ0v) is 18.8. The van der Waals surface area contributed by atoms with Crippen molar-refractivity contribution in [3.63, 3.8) is 0 Å². The summed E-state index contributed by atoms with van der Waals surface area (Å²) in [5.41, 5.74) is 8.41. The number of alkyl halides is 3. The highest BCUT2D eigenvalue weighted by Crippen LogP contribution is 2.34. The molecule has 2 saturated carbocycles. The number of para-hydroxylation sites is 1. The minimum atomic E-state index is -5.08. The molecule has 1 heterocycles. The van der Waals surface area contributed by atoms with E-state index >= 15 is 0 Å². The lowest BCUT2D eigenvalue weighted by atomic mass is 9.97. The molecule has 0 spiro atoms. The maximum absolute atomic E-state index is 12.7. The van der Waals surface area contributed by atoms with Gasteiger partial charge in [0.15, 0.2) is 0 Å². The molecule has 7 nitrogen and oxygen atoms in total. The van der Waals surface area contributed by atoms with Crippen molar-refractivity contribution in [2.24, 2.45) is 17.6 Å². The average molecular weight is 482 g/mol. The Morgan fingerprint density at radius 3 is 2.29 bits per heavy atom. The molecule has 2 fully saturated rings. The molecule has 1 aromatic rings. The first-order valence-electron chi connectivity index (χ1n) is 11.5. The van der Waals surface area contributed by atoms with Crippen LogP contribution in [-0.4, -0.2) is 47.7 Å². The fourth-order valence-electron chi connectivity index (χ4n) is 4.41. The lowest BCUT2D eigenvalue weighted by molar-refractivity contribution is -0.192. The van der Waals surface area contributed by atoms with Crippen molar-refractivity contribution in [2.75, 3.05) is 11.4 Å². The van der Waals surface area contributed by atoms with Gasteiger partial charge in [0, 0.05) is 18.3 Å². The summed E-state index contributed by atoms with van der Waals surface area (Å²) < 4.78 is 31.7. The Kier molecular flexibility index (Phi) is 8.35. The number of benzene rings is 1. The van der Waals surface area contributed by atoms with Gasteiger partial charge in [-0.15, -0.1) is 0 Å². The van der Waals surface area contributed by atoms with Crippen molar-refractivity contribution >= 4 is 23.5 Å². The molecule has 0 unspecified atom stereocenters. The summed E-state index contributed by atoms with van der Waals surface area (Å²) in [7, 11) is 0. The lowest BCUT2D eigenvalue weighted by Gasteiger charge is -2.22. The Morgan fingerprint density at radius 2 is 1.71 bits per heavy atom. The SMILES string of the molecule is N[C@H](C(=O)N[C@H](C=CC(=O)N1CCc2ccccc21)C1CC1)C1CCCC1.O=C(O)C(F)(F)F. The first-order chi connectivity index (χ1) is 16.1. The van der Waals surface area contributed by atoms with Crippen LogP contribution in [0.4, 0.5) is 18.9 Å². The van der Waals surface area contributed by atoms with Gasteiger partial charge in [-0.2, -0.15) is 13.2 Å². The molecular formula is C24H30F3N3O4. The fraction of sp³-hybridized carbons (Fsp3) is 0.542. The molecule has 34 heavy (non-hydrogen) atoms. The number of aliphatic carboxylic acids is 1. The van der Waals surface area contributed by atoms with Crippen LogP contribution in [0.1, 0.15) is 44.1 Å². The largest absolute Gasteiger partial charge is 0.490 e.